The van der Waals surface area contributed by atoms with Crippen molar-refractivity contribution >= 4 is 29.8 Å². The van der Waals surface area contributed by atoms with Crippen molar-refractivity contribution in [3.63, 3.8) is 0 Å². The minimum absolute atomic E-state index is 0.135. The monoisotopic (exact) mass is 892 g/mol. The Morgan fingerprint density at radius 1 is 0.841 bits per heavy atom. The molecule has 4 heterocycles. The fourth-order valence-corrected chi connectivity index (χ4v) is 7.20. The van der Waals surface area contributed by atoms with Crippen LogP contribution in [0.3, 0.4) is 0 Å². The molecule has 13 unspecified atom stereocenters. The first-order valence-electron chi connectivity index (χ1n) is 19.1. The molecule has 0 aromatic heterocycles. The highest BCUT2D eigenvalue weighted by atomic mass is 16.8. The Morgan fingerprint density at radius 2 is 1.56 bits per heavy atom. The van der Waals surface area contributed by atoms with E-state index in [4.69, 9.17) is 47.4 Å². The second-order valence-electron chi connectivity index (χ2n) is 14.6. The van der Waals surface area contributed by atoms with E-state index in [1.165, 1.54) is 12.1 Å². The number of cyclic esters (lactones) is 1. The van der Waals surface area contributed by atoms with Crippen LogP contribution in [0.4, 0.5) is 0 Å². The van der Waals surface area contributed by atoms with E-state index >= 15 is 0 Å². The number of aliphatic hydroxyl groups is 5. The molecule has 63 heavy (non-hydrogen) atoms. The molecular weight excluding hydrogens is 848 g/mol. The van der Waals surface area contributed by atoms with Crippen LogP contribution in [0.15, 0.2) is 60.9 Å². The topological polar surface area (TPSA) is 339 Å². The van der Waals surface area contributed by atoms with Crippen molar-refractivity contribution in [2.75, 3.05) is 19.8 Å². The number of hydrogen-bond acceptors (Lipinski definition) is 23. The summed E-state index contributed by atoms with van der Waals surface area (Å²) in [7, 11) is 0. The Morgan fingerprint density at radius 3 is 2.22 bits per heavy atom. The number of rotatable bonds is 13. The first-order chi connectivity index (χ1) is 29.9. The van der Waals surface area contributed by atoms with E-state index < -0.39 is 151 Å². The van der Waals surface area contributed by atoms with Gasteiger partial charge in [-0.15, -0.1) is 6.58 Å². The summed E-state index contributed by atoms with van der Waals surface area (Å²) < 4.78 is 56.2. The average molecular weight is 893 g/mol. The van der Waals surface area contributed by atoms with Gasteiger partial charge in [0, 0.05) is 20.3 Å². The molecule has 2 aromatic rings. The highest BCUT2D eigenvalue weighted by molar-refractivity contribution is 5.94. The van der Waals surface area contributed by atoms with Gasteiger partial charge < -0.3 is 88.2 Å². The molecule has 0 spiro atoms. The van der Waals surface area contributed by atoms with Crippen molar-refractivity contribution in [2.45, 2.75) is 93.6 Å². The molecule has 2 aromatic carbocycles. The van der Waals surface area contributed by atoms with Gasteiger partial charge in [-0.1, -0.05) is 12.1 Å². The lowest BCUT2D eigenvalue weighted by molar-refractivity contribution is -0.343. The molecule has 6 rings (SSSR count). The summed E-state index contributed by atoms with van der Waals surface area (Å²) in [4.78, 5) is 65.2. The summed E-state index contributed by atoms with van der Waals surface area (Å²) >= 11 is 0. The van der Waals surface area contributed by atoms with Gasteiger partial charge in [0.25, 0.3) is 0 Å². The van der Waals surface area contributed by atoms with E-state index in [1.54, 1.807) is 0 Å². The number of benzene rings is 2. The number of carbonyl (C=O) groups excluding carboxylic acids is 5. The van der Waals surface area contributed by atoms with Gasteiger partial charge in [0.15, 0.2) is 41.3 Å². The summed E-state index contributed by atoms with van der Waals surface area (Å²) in [6.07, 6.45) is -17.9. The highest BCUT2D eigenvalue weighted by Gasteiger charge is 2.58. The van der Waals surface area contributed by atoms with E-state index in [0.717, 1.165) is 50.4 Å². The van der Waals surface area contributed by atoms with Crippen molar-refractivity contribution in [2.24, 2.45) is 5.92 Å². The highest BCUT2D eigenvalue weighted by Crippen LogP contribution is 2.43. The number of aliphatic hydroxyl groups excluding tert-OH is 4. The maximum Gasteiger partial charge on any atom is 0.342 e. The number of hydrogen-bond donors (Lipinski definition) is 8. The van der Waals surface area contributed by atoms with Crippen molar-refractivity contribution in [1.29, 1.82) is 0 Å². The number of aromatic hydroxyl groups is 3. The summed E-state index contributed by atoms with van der Waals surface area (Å²) in [5, 5.41) is 83.3. The molecule has 0 bridgehead atoms. The minimum atomic E-state index is -2.00. The Kier molecular flexibility index (Phi) is 14.1. The number of ether oxygens (including phenoxy) is 10. The predicted molar refractivity (Wildman–Crippen MR) is 200 cm³/mol. The molecule has 3 saturated heterocycles. The molecule has 8 N–H and O–H groups in total. The molecular formula is C40H44O23. The van der Waals surface area contributed by atoms with Gasteiger partial charge >= 0.3 is 29.8 Å². The zero-order valence-electron chi connectivity index (χ0n) is 33.3. The van der Waals surface area contributed by atoms with Crippen molar-refractivity contribution < 1.29 is 112 Å². The van der Waals surface area contributed by atoms with Crippen molar-refractivity contribution in [3.8, 4) is 23.0 Å². The smallest absolute Gasteiger partial charge is 0.342 e. The maximum absolute atomic E-state index is 14.0. The fraction of sp³-hybridized carbons (Fsp3) is 0.475. The van der Waals surface area contributed by atoms with Gasteiger partial charge in [0.2, 0.25) is 18.9 Å². The molecule has 342 valence electrons. The number of carbonyl (C=O) groups is 5. The molecule has 4 aliphatic heterocycles. The van der Waals surface area contributed by atoms with Crippen LogP contribution < -0.4 is 4.74 Å². The van der Waals surface area contributed by atoms with Crippen LogP contribution in [-0.4, -0.2) is 164 Å². The molecule has 4 aliphatic rings. The number of esters is 5. The molecule has 0 radical (unpaired) electrons. The molecule has 23 nitrogen and oxygen atoms in total. The average Bonchev–Trinajstić information content (AvgIpc) is 3.23. The van der Waals surface area contributed by atoms with E-state index in [-0.39, 0.29) is 24.2 Å². The summed E-state index contributed by atoms with van der Waals surface area (Å²) in [5.74, 6) is -9.52. The Balaban J connectivity index is 1.37. The Bertz CT molecular complexity index is 2100. The lowest BCUT2D eigenvalue weighted by Crippen LogP contribution is -2.64. The third kappa shape index (κ3) is 9.64. The van der Waals surface area contributed by atoms with Gasteiger partial charge in [0.05, 0.1) is 31.0 Å². The normalized spacial score (nSPS) is 32.6. The SMILES string of the molecule is C=CC1C(OC2OC(COC(C)=O)C(OC(=O)c3cccc(OC4OC(CO)C(O)C(O)C4O)c3O)C(OC(C)=O)C2OC(=O)c2ccc(O)c(O)c2)OC=C2C(=O)OCCC21O. The second kappa shape index (κ2) is 19.1. The fourth-order valence-electron chi connectivity index (χ4n) is 7.20. The summed E-state index contributed by atoms with van der Waals surface area (Å²) in [6.45, 7) is 3.94. The first-order valence-corrected chi connectivity index (χ1v) is 19.1. The van der Waals surface area contributed by atoms with Gasteiger partial charge in [-0.05, 0) is 30.3 Å². The number of phenolic OH excluding ortho intramolecular Hbond substituents is 3. The lowest BCUT2D eigenvalue weighted by Gasteiger charge is -2.48. The number of phenols is 3. The van der Waals surface area contributed by atoms with Gasteiger partial charge in [-0.3, -0.25) is 9.59 Å². The lowest BCUT2D eigenvalue weighted by atomic mass is 9.76. The largest absolute Gasteiger partial charge is 0.504 e. The molecule has 13 atom stereocenters. The molecule has 0 amide bonds. The maximum atomic E-state index is 14.0. The third-order valence-corrected chi connectivity index (χ3v) is 10.4. The van der Waals surface area contributed by atoms with E-state index in [1.807, 2.05) is 0 Å². The zero-order valence-corrected chi connectivity index (χ0v) is 33.3. The van der Waals surface area contributed by atoms with Crippen molar-refractivity contribution in [1.82, 2.24) is 0 Å². The Labute approximate surface area is 356 Å². The van der Waals surface area contributed by atoms with Crippen LogP contribution in [0.5, 0.6) is 23.0 Å². The Hall–Kier alpha value is -6.05. The minimum Gasteiger partial charge on any atom is -0.504 e. The summed E-state index contributed by atoms with van der Waals surface area (Å²) in [5.41, 5.74) is -3.25. The number of fused-ring (bicyclic) bond motifs is 1. The standard InChI is InChI=1S/C40H44O23/c1-4-20-37(56-14-21-36(52)54-11-10-40(20,21)53)63-39-33(62-34(50)18-8-9-22(44)23(45)12-18)32(57-17(3)43)31(26(60-39)15-55-16(2)42)61-35(51)19-6-5-7-24(27(19)46)58-38-30(49)29(48)28(47)25(13-41)59-38/h4-9,12,14,20,25-26,28-33,37-39,41,44-49,53H,1,10-11,13,15H2,2-3H3. The van der Waals surface area contributed by atoms with E-state index in [0.29, 0.717) is 0 Å². The van der Waals surface area contributed by atoms with Crippen LogP contribution in [0.1, 0.15) is 41.0 Å². The van der Waals surface area contributed by atoms with Gasteiger partial charge in [-0.2, -0.15) is 0 Å². The molecule has 0 saturated carbocycles. The van der Waals surface area contributed by atoms with Crippen LogP contribution in [0, 0.1) is 5.92 Å². The first kappa shape index (κ1) is 46.5. The predicted octanol–water partition coefficient (Wildman–Crippen LogP) is -1.31. The quantitative estimate of drug-likeness (QED) is 0.0501. The molecule has 0 aliphatic carbocycles. The summed E-state index contributed by atoms with van der Waals surface area (Å²) in [6, 6.07) is 6.22. The molecule has 3 fully saturated rings. The zero-order chi connectivity index (χ0) is 45.9. The number of para-hydroxylation sites is 1. The van der Waals surface area contributed by atoms with E-state index in [9.17, 15) is 64.8 Å². The van der Waals surface area contributed by atoms with Crippen molar-refractivity contribution in [3.05, 3.63) is 72.0 Å². The van der Waals surface area contributed by atoms with Crippen LogP contribution >= 0.6 is 0 Å². The van der Waals surface area contributed by atoms with Crippen LogP contribution in [0.25, 0.3) is 0 Å². The third-order valence-electron chi connectivity index (χ3n) is 10.4. The van der Waals surface area contributed by atoms with Crippen LogP contribution in [0.2, 0.25) is 0 Å². The van der Waals surface area contributed by atoms with Crippen LogP contribution in [-0.2, 0) is 57.0 Å². The van der Waals surface area contributed by atoms with Gasteiger partial charge in [-0.25, -0.2) is 14.4 Å². The second-order valence-corrected chi connectivity index (χ2v) is 14.6. The molecule has 23 heteroatoms. The van der Waals surface area contributed by atoms with E-state index in [2.05, 4.69) is 6.58 Å². The van der Waals surface area contributed by atoms with Gasteiger partial charge in [0.1, 0.15) is 53.9 Å².